The molecular weight excluding hydrogens is 166 g/mol. The number of fused-ring (bicyclic) bond motifs is 1. The van der Waals surface area contributed by atoms with Gasteiger partial charge >= 0.3 is 0 Å². The van der Waals surface area contributed by atoms with E-state index in [4.69, 9.17) is 5.73 Å². The first-order valence-electron chi connectivity index (χ1n) is 4.21. The van der Waals surface area contributed by atoms with Crippen LogP contribution < -0.4 is 5.73 Å². The molecule has 13 heavy (non-hydrogen) atoms. The number of hydrogen-bond acceptors (Lipinski definition) is 4. The van der Waals surface area contributed by atoms with E-state index in [0.29, 0.717) is 17.1 Å². The molecule has 1 heterocycles. The van der Waals surface area contributed by atoms with Gasteiger partial charge in [0.25, 0.3) is 0 Å². The van der Waals surface area contributed by atoms with Gasteiger partial charge in [-0.3, -0.25) is 0 Å². The summed E-state index contributed by atoms with van der Waals surface area (Å²) in [6.45, 7) is 4.19. The van der Waals surface area contributed by atoms with Gasteiger partial charge in [0.05, 0.1) is 5.69 Å². The van der Waals surface area contributed by atoms with E-state index in [1.165, 1.54) is 0 Å². The number of aromatic nitrogens is 2. The standard InChI is InChI=1S/C9H11N3O/c1-5(2)6-3-4-7(10)9-8(6)11-13-12-9/h3-5H,10H2,1-2H3. The van der Waals surface area contributed by atoms with Gasteiger partial charge in [0.2, 0.25) is 0 Å². The quantitative estimate of drug-likeness (QED) is 0.676. The molecule has 2 rings (SSSR count). The topological polar surface area (TPSA) is 64.9 Å². The number of rotatable bonds is 1. The minimum Gasteiger partial charge on any atom is -0.397 e. The average molecular weight is 177 g/mol. The third kappa shape index (κ3) is 1.14. The second-order valence-corrected chi connectivity index (χ2v) is 3.36. The molecule has 68 valence electrons. The van der Waals surface area contributed by atoms with Gasteiger partial charge in [-0.25, -0.2) is 4.63 Å². The van der Waals surface area contributed by atoms with Crippen molar-refractivity contribution in [2.24, 2.45) is 0 Å². The molecule has 0 radical (unpaired) electrons. The van der Waals surface area contributed by atoms with Gasteiger partial charge in [-0.05, 0) is 27.9 Å². The van der Waals surface area contributed by atoms with Crippen LogP contribution in [-0.4, -0.2) is 10.3 Å². The lowest BCUT2D eigenvalue weighted by atomic mass is 10.0. The molecule has 0 spiro atoms. The molecule has 2 N–H and O–H groups in total. The van der Waals surface area contributed by atoms with Crippen molar-refractivity contribution in [1.29, 1.82) is 0 Å². The number of nitrogens with zero attached hydrogens (tertiary/aromatic N) is 2. The van der Waals surface area contributed by atoms with Crippen LogP contribution in [0, 0.1) is 0 Å². The Hall–Kier alpha value is -1.58. The minimum atomic E-state index is 0.398. The first-order chi connectivity index (χ1) is 6.20. The van der Waals surface area contributed by atoms with Gasteiger partial charge in [-0.15, -0.1) is 0 Å². The van der Waals surface area contributed by atoms with Crippen molar-refractivity contribution in [1.82, 2.24) is 10.3 Å². The molecule has 0 atom stereocenters. The number of anilines is 1. The lowest BCUT2D eigenvalue weighted by molar-refractivity contribution is 0.315. The van der Waals surface area contributed by atoms with Crippen molar-refractivity contribution in [3.8, 4) is 0 Å². The normalized spacial score (nSPS) is 11.3. The van der Waals surface area contributed by atoms with Crippen LogP contribution >= 0.6 is 0 Å². The van der Waals surface area contributed by atoms with Crippen molar-refractivity contribution in [3.05, 3.63) is 17.7 Å². The van der Waals surface area contributed by atoms with E-state index in [9.17, 15) is 0 Å². The van der Waals surface area contributed by atoms with Crippen molar-refractivity contribution in [2.75, 3.05) is 5.73 Å². The highest BCUT2D eigenvalue weighted by molar-refractivity contribution is 5.88. The highest BCUT2D eigenvalue weighted by Crippen LogP contribution is 2.26. The van der Waals surface area contributed by atoms with Gasteiger partial charge in [0.15, 0.2) is 5.52 Å². The van der Waals surface area contributed by atoms with E-state index in [0.717, 1.165) is 11.1 Å². The molecule has 0 amide bonds. The number of nitrogens with two attached hydrogens (primary N) is 1. The largest absolute Gasteiger partial charge is 0.397 e. The van der Waals surface area contributed by atoms with Crippen LogP contribution in [0.15, 0.2) is 16.8 Å². The molecular formula is C9H11N3O. The van der Waals surface area contributed by atoms with Crippen LogP contribution in [0.3, 0.4) is 0 Å². The van der Waals surface area contributed by atoms with Crippen molar-refractivity contribution in [2.45, 2.75) is 19.8 Å². The average Bonchev–Trinajstić information content (AvgIpc) is 2.53. The summed E-state index contributed by atoms with van der Waals surface area (Å²) in [6, 6.07) is 3.80. The summed E-state index contributed by atoms with van der Waals surface area (Å²) >= 11 is 0. The fourth-order valence-electron chi connectivity index (χ4n) is 1.37. The molecule has 0 unspecified atom stereocenters. The van der Waals surface area contributed by atoms with E-state index in [2.05, 4.69) is 28.8 Å². The van der Waals surface area contributed by atoms with E-state index in [1.54, 1.807) is 0 Å². The maximum Gasteiger partial charge on any atom is 0.158 e. The Kier molecular flexibility index (Phi) is 1.69. The van der Waals surface area contributed by atoms with E-state index >= 15 is 0 Å². The van der Waals surface area contributed by atoms with Crippen LogP contribution in [0.5, 0.6) is 0 Å². The second kappa shape index (κ2) is 2.73. The SMILES string of the molecule is CC(C)c1ccc(N)c2nonc12. The smallest absolute Gasteiger partial charge is 0.158 e. The van der Waals surface area contributed by atoms with Crippen LogP contribution in [0.1, 0.15) is 25.3 Å². The van der Waals surface area contributed by atoms with E-state index < -0.39 is 0 Å². The summed E-state index contributed by atoms with van der Waals surface area (Å²) in [7, 11) is 0. The fourth-order valence-corrected chi connectivity index (χ4v) is 1.37. The third-order valence-electron chi connectivity index (χ3n) is 2.10. The number of benzene rings is 1. The van der Waals surface area contributed by atoms with Crippen LogP contribution in [0.4, 0.5) is 5.69 Å². The lowest BCUT2D eigenvalue weighted by Gasteiger charge is -2.04. The maximum absolute atomic E-state index is 5.71. The summed E-state index contributed by atoms with van der Waals surface area (Å²) in [4.78, 5) is 0. The van der Waals surface area contributed by atoms with Crippen LogP contribution in [-0.2, 0) is 0 Å². The van der Waals surface area contributed by atoms with Gasteiger partial charge in [-0.1, -0.05) is 19.9 Å². The summed E-state index contributed by atoms with van der Waals surface area (Å²) in [5.74, 6) is 0.398. The van der Waals surface area contributed by atoms with E-state index in [1.807, 2.05) is 12.1 Å². The third-order valence-corrected chi connectivity index (χ3v) is 2.10. The zero-order valence-corrected chi connectivity index (χ0v) is 7.61. The Morgan fingerprint density at radius 1 is 1.23 bits per heavy atom. The molecule has 0 aliphatic heterocycles. The zero-order chi connectivity index (χ0) is 9.42. The first-order valence-corrected chi connectivity index (χ1v) is 4.21. The Bertz CT molecular complexity index is 433. The van der Waals surface area contributed by atoms with E-state index in [-0.39, 0.29) is 0 Å². The molecule has 0 saturated heterocycles. The summed E-state index contributed by atoms with van der Waals surface area (Å²) in [5.41, 5.74) is 8.87. The zero-order valence-electron chi connectivity index (χ0n) is 7.61. The molecule has 0 aliphatic carbocycles. The summed E-state index contributed by atoms with van der Waals surface area (Å²) in [6.07, 6.45) is 0. The monoisotopic (exact) mass is 177 g/mol. The first kappa shape index (κ1) is 8.04. The number of hydrogen-bond donors (Lipinski definition) is 1. The Labute approximate surface area is 75.7 Å². The fraction of sp³-hybridized carbons (Fsp3) is 0.333. The number of nitrogen functional groups attached to an aromatic ring is 1. The van der Waals surface area contributed by atoms with Crippen molar-refractivity contribution < 1.29 is 4.63 Å². The van der Waals surface area contributed by atoms with Crippen LogP contribution in [0.2, 0.25) is 0 Å². The second-order valence-electron chi connectivity index (χ2n) is 3.36. The minimum absolute atomic E-state index is 0.398. The Morgan fingerprint density at radius 3 is 2.62 bits per heavy atom. The molecule has 0 bridgehead atoms. The molecule has 0 aliphatic rings. The van der Waals surface area contributed by atoms with Gasteiger partial charge in [0.1, 0.15) is 5.52 Å². The molecule has 0 fully saturated rings. The molecule has 4 nitrogen and oxygen atoms in total. The molecule has 1 aromatic carbocycles. The molecule has 4 heteroatoms. The molecule has 2 aromatic rings. The van der Waals surface area contributed by atoms with Gasteiger partial charge < -0.3 is 5.73 Å². The summed E-state index contributed by atoms with van der Waals surface area (Å²) < 4.78 is 4.66. The predicted octanol–water partition coefficient (Wildman–Crippen LogP) is 1.93. The Balaban J connectivity index is 2.78. The molecule has 1 aromatic heterocycles. The van der Waals surface area contributed by atoms with Gasteiger partial charge in [-0.2, -0.15) is 0 Å². The summed E-state index contributed by atoms with van der Waals surface area (Å²) in [5, 5.41) is 7.58. The Morgan fingerprint density at radius 2 is 1.92 bits per heavy atom. The van der Waals surface area contributed by atoms with Crippen molar-refractivity contribution >= 4 is 16.7 Å². The van der Waals surface area contributed by atoms with Gasteiger partial charge in [0, 0.05) is 0 Å². The molecule has 0 saturated carbocycles. The maximum atomic E-state index is 5.71. The van der Waals surface area contributed by atoms with Crippen molar-refractivity contribution in [3.63, 3.8) is 0 Å². The predicted molar refractivity (Wildman–Crippen MR) is 50.3 cm³/mol. The van der Waals surface area contributed by atoms with Crippen LogP contribution in [0.25, 0.3) is 11.0 Å². The lowest BCUT2D eigenvalue weighted by Crippen LogP contribution is -1.93. The highest BCUT2D eigenvalue weighted by atomic mass is 16.6. The highest BCUT2D eigenvalue weighted by Gasteiger charge is 2.11.